The van der Waals surface area contributed by atoms with Crippen LogP contribution >= 0.6 is 0 Å². The minimum Gasteiger partial charge on any atom is -0.508 e. The van der Waals surface area contributed by atoms with Crippen LogP contribution in [0.25, 0.3) is 4.85 Å². The van der Waals surface area contributed by atoms with Gasteiger partial charge in [-0.3, -0.25) is 0 Å². The van der Waals surface area contributed by atoms with E-state index in [0.717, 1.165) is 0 Å². The Morgan fingerprint density at radius 2 is 2.00 bits per heavy atom. The first-order chi connectivity index (χ1) is 8.67. The van der Waals surface area contributed by atoms with Crippen molar-refractivity contribution in [2.75, 3.05) is 20.3 Å². The molecule has 0 amide bonds. The predicted molar refractivity (Wildman–Crippen MR) is 66.4 cm³/mol. The summed E-state index contributed by atoms with van der Waals surface area (Å²) in [6.07, 6.45) is 0. The van der Waals surface area contributed by atoms with Crippen molar-refractivity contribution in [2.24, 2.45) is 0 Å². The Bertz CT molecular complexity index is 477. The highest BCUT2D eigenvalue weighted by Gasteiger charge is 2.18. The van der Waals surface area contributed by atoms with E-state index in [9.17, 15) is 4.79 Å². The maximum Gasteiger partial charge on any atom is 0.340 e. The molecule has 1 aromatic carbocycles. The third kappa shape index (κ3) is 2.92. The average molecular weight is 249 g/mol. The van der Waals surface area contributed by atoms with E-state index in [1.807, 2.05) is 6.92 Å². The fourth-order valence-electron chi connectivity index (χ4n) is 1.44. The molecule has 0 radical (unpaired) electrons. The maximum absolute atomic E-state index is 11.8. The van der Waals surface area contributed by atoms with Crippen LogP contribution in [-0.2, 0) is 4.74 Å². The van der Waals surface area contributed by atoms with E-state index in [-0.39, 0.29) is 17.9 Å². The van der Waals surface area contributed by atoms with Crippen LogP contribution in [0.2, 0.25) is 0 Å². The van der Waals surface area contributed by atoms with Crippen LogP contribution in [0, 0.1) is 6.57 Å². The molecule has 0 heterocycles. The lowest BCUT2D eigenvalue weighted by molar-refractivity contribution is 0.0522. The van der Waals surface area contributed by atoms with Gasteiger partial charge in [0.05, 0.1) is 32.5 Å². The lowest BCUT2D eigenvalue weighted by Gasteiger charge is -2.12. The third-order valence-electron chi connectivity index (χ3n) is 2.20. The van der Waals surface area contributed by atoms with Crippen molar-refractivity contribution in [3.05, 3.63) is 29.1 Å². The monoisotopic (exact) mass is 249 g/mol. The predicted octanol–water partition coefficient (Wildman–Crippen LogP) is 2.82. The van der Waals surface area contributed by atoms with E-state index < -0.39 is 5.97 Å². The van der Waals surface area contributed by atoms with E-state index in [1.54, 1.807) is 6.92 Å². The largest absolute Gasteiger partial charge is 0.508 e. The molecule has 0 aromatic heterocycles. The van der Waals surface area contributed by atoms with Crippen molar-refractivity contribution in [3.63, 3.8) is 0 Å². The maximum atomic E-state index is 11.8. The lowest BCUT2D eigenvalue weighted by atomic mass is 10.1. The zero-order valence-corrected chi connectivity index (χ0v) is 10.6. The van der Waals surface area contributed by atoms with Crippen LogP contribution in [0.3, 0.4) is 0 Å². The molecule has 0 aliphatic carbocycles. The molecule has 0 bridgehead atoms. The van der Waals surface area contributed by atoms with Gasteiger partial charge in [0.1, 0.15) is 11.5 Å². The smallest absolute Gasteiger partial charge is 0.340 e. The quantitative estimate of drug-likeness (QED) is 0.594. The van der Waals surface area contributed by atoms with E-state index in [1.165, 1.54) is 19.2 Å². The molecular formula is C13H15NO4. The summed E-state index contributed by atoms with van der Waals surface area (Å²) in [6, 6.07) is 2.96. The fraction of sp³-hybridized carbons (Fsp3) is 0.385. The van der Waals surface area contributed by atoms with E-state index in [2.05, 4.69) is 4.85 Å². The molecular weight excluding hydrogens is 234 g/mol. The molecule has 0 saturated heterocycles. The molecule has 0 saturated carbocycles. The summed E-state index contributed by atoms with van der Waals surface area (Å²) in [5.41, 5.74) is 0.495. The number of hydrogen-bond acceptors (Lipinski definition) is 4. The lowest BCUT2D eigenvalue weighted by Crippen LogP contribution is -2.08. The summed E-state index contributed by atoms with van der Waals surface area (Å²) in [7, 11) is 1.46. The zero-order valence-electron chi connectivity index (χ0n) is 10.6. The Labute approximate surface area is 106 Å². The van der Waals surface area contributed by atoms with Gasteiger partial charge in [-0.25, -0.2) is 9.64 Å². The molecule has 0 unspecified atom stereocenters. The number of carbonyl (C=O) groups is 1. The van der Waals surface area contributed by atoms with Crippen molar-refractivity contribution in [2.45, 2.75) is 13.8 Å². The second-order valence-electron chi connectivity index (χ2n) is 3.29. The van der Waals surface area contributed by atoms with Gasteiger partial charge in [0.25, 0.3) is 0 Å². The van der Waals surface area contributed by atoms with Crippen LogP contribution < -0.4 is 9.47 Å². The molecule has 0 N–H and O–H groups in total. The summed E-state index contributed by atoms with van der Waals surface area (Å²) in [5.74, 6) is 0.232. The molecule has 18 heavy (non-hydrogen) atoms. The first kappa shape index (κ1) is 13.8. The van der Waals surface area contributed by atoms with Crippen molar-refractivity contribution >= 4 is 11.7 Å². The molecule has 5 nitrogen and oxygen atoms in total. The fourth-order valence-corrected chi connectivity index (χ4v) is 1.44. The number of benzene rings is 1. The van der Waals surface area contributed by atoms with Crippen LogP contribution in [0.1, 0.15) is 24.2 Å². The van der Waals surface area contributed by atoms with Gasteiger partial charge in [-0.15, -0.1) is 0 Å². The number of nitrogens with zero attached hydrogens (tertiary/aromatic N) is 1. The van der Waals surface area contributed by atoms with Crippen molar-refractivity contribution in [1.29, 1.82) is 0 Å². The van der Waals surface area contributed by atoms with Crippen LogP contribution in [0.4, 0.5) is 5.69 Å². The van der Waals surface area contributed by atoms with E-state index in [4.69, 9.17) is 20.8 Å². The highest BCUT2D eigenvalue weighted by molar-refractivity contribution is 5.94. The topological polar surface area (TPSA) is 49.1 Å². The first-order valence-electron chi connectivity index (χ1n) is 5.57. The number of esters is 1. The molecule has 96 valence electrons. The molecule has 0 atom stereocenters. The number of hydrogen-bond donors (Lipinski definition) is 0. The Kier molecular flexibility index (Phi) is 5.00. The zero-order chi connectivity index (χ0) is 13.5. The Balaban J connectivity index is 3.29. The Morgan fingerprint density at radius 1 is 1.28 bits per heavy atom. The van der Waals surface area contributed by atoms with Crippen molar-refractivity contribution in [3.8, 4) is 11.5 Å². The molecule has 0 aliphatic heterocycles. The first-order valence-corrected chi connectivity index (χ1v) is 5.57. The van der Waals surface area contributed by atoms with Crippen molar-refractivity contribution in [1.82, 2.24) is 0 Å². The van der Waals surface area contributed by atoms with Gasteiger partial charge in [0, 0.05) is 6.07 Å². The van der Waals surface area contributed by atoms with E-state index in [0.29, 0.717) is 18.1 Å². The minimum absolute atomic E-state index is 0.241. The molecule has 0 spiro atoms. The van der Waals surface area contributed by atoms with Crippen LogP contribution in [0.15, 0.2) is 12.1 Å². The van der Waals surface area contributed by atoms with Crippen molar-refractivity contribution < 1.29 is 19.0 Å². The van der Waals surface area contributed by atoms with E-state index >= 15 is 0 Å². The molecule has 1 aromatic rings. The molecule has 0 aliphatic rings. The Morgan fingerprint density at radius 3 is 2.50 bits per heavy atom. The SMILES string of the molecule is [C-]#[N+]c1cc(C(=O)OCC)c(OCC)cc1OC. The normalized spacial score (nSPS) is 9.44. The number of ether oxygens (including phenoxy) is 3. The van der Waals surface area contributed by atoms with Crippen LogP contribution in [-0.4, -0.2) is 26.3 Å². The summed E-state index contributed by atoms with van der Waals surface area (Å²) in [4.78, 5) is 15.1. The highest BCUT2D eigenvalue weighted by Crippen LogP contribution is 2.35. The van der Waals surface area contributed by atoms with Gasteiger partial charge in [0.2, 0.25) is 5.69 Å². The summed E-state index contributed by atoms with van der Waals surface area (Å²) >= 11 is 0. The standard InChI is InChI=1S/C13H15NO4/c1-5-17-11-8-12(16-4)10(14-3)7-9(11)13(15)18-6-2/h7-8H,5-6H2,1-2,4H3. The van der Waals surface area contributed by atoms with Gasteiger partial charge in [-0.2, -0.15) is 0 Å². The van der Waals surface area contributed by atoms with Gasteiger partial charge in [-0.1, -0.05) is 0 Å². The summed E-state index contributed by atoms with van der Waals surface area (Å²) in [6.45, 7) is 11.3. The summed E-state index contributed by atoms with van der Waals surface area (Å²) < 4.78 is 15.4. The molecule has 0 fully saturated rings. The minimum atomic E-state index is -0.506. The number of carbonyl (C=O) groups excluding carboxylic acids is 1. The molecule has 5 heteroatoms. The van der Waals surface area contributed by atoms with Gasteiger partial charge in [-0.05, 0) is 19.9 Å². The Hall–Kier alpha value is -2.22. The second-order valence-corrected chi connectivity index (χ2v) is 3.29. The van der Waals surface area contributed by atoms with Gasteiger partial charge in [0.15, 0.2) is 0 Å². The second kappa shape index (κ2) is 6.50. The molecule has 1 rings (SSSR count). The third-order valence-corrected chi connectivity index (χ3v) is 2.20. The number of rotatable bonds is 5. The van der Waals surface area contributed by atoms with Gasteiger partial charge < -0.3 is 14.2 Å². The summed E-state index contributed by atoms with van der Waals surface area (Å²) in [5, 5.41) is 0. The highest BCUT2D eigenvalue weighted by atomic mass is 16.5. The average Bonchev–Trinajstić information content (AvgIpc) is 2.38. The number of methoxy groups -OCH3 is 1. The van der Waals surface area contributed by atoms with Crippen LogP contribution in [0.5, 0.6) is 11.5 Å². The van der Waals surface area contributed by atoms with Gasteiger partial charge >= 0.3 is 5.97 Å².